The third kappa shape index (κ3) is 8.47. The number of aliphatic carboxylic acids is 1. The molecule has 1 aliphatic rings. The quantitative estimate of drug-likeness (QED) is 0.305. The van der Waals surface area contributed by atoms with Gasteiger partial charge in [0.15, 0.2) is 0 Å². The molecule has 0 unspecified atom stereocenters. The molecule has 0 heterocycles. The molecule has 1 amide bonds. The first-order valence-corrected chi connectivity index (χ1v) is 12.6. The smallest absolute Gasteiger partial charge is 0.303 e. The fourth-order valence-corrected chi connectivity index (χ4v) is 4.22. The van der Waals surface area contributed by atoms with Crippen molar-refractivity contribution in [3.8, 4) is 17.6 Å². The van der Waals surface area contributed by atoms with Crippen molar-refractivity contribution in [2.45, 2.75) is 77.8 Å². The van der Waals surface area contributed by atoms with E-state index in [1.54, 1.807) is 30.9 Å². The summed E-state index contributed by atoms with van der Waals surface area (Å²) < 4.78 is 14.6. The van der Waals surface area contributed by atoms with Gasteiger partial charge in [0, 0.05) is 41.6 Å². The number of amides is 1. The number of nitrogens with zero attached hydrogens (tertiary/aromatic N) is 1. The lowest BCUT2D eigenvalue weighted by atomic mass is 10.1. The zero-order chi connectivity index (χ0) is 26.0. The molecule has 35 heavy (non-hydrogen) atoms. The van der Waals surface area contributed by atoms with Crippen LogP contribution in [0.2, 0.25) is 0 Å². The van der Waals surface area contributed by atoms with Gasteiger partial charge in [-0.05, 0) is 76.3 Å². The maximum Gasteiger partial charge on any atom is 0.303 e. The molecule has 0 saturated heterocycles. The van der Waals surface area contributed by atoms with Gasteiger partial charge in [0.2, 0.25) is 0 Å². The number of hydrogen-bond acceptors (Lipinski definition) is 3. The predicted octanol–water partition coefficient (Wildman–Crippen LogP) is 6.30. The summed E-state index contributed by atoms with van der Waals surface area (Å²) >= 11 is 0. The van der Waals surface area contributed by atoms with Crippen LogP contribution in [0.25, 0.3) is 0 Å². The molecule has 5 nitrogen and oxygen atoms in total. The maximum atomic E-state index is 13.5. The van der Waals surface area contributed by atoms with Crippen LogP contribution < -0.4 is 4.74 Å². The molecule has 1 saturated carbocycles. The molecule has 0 radical (unpaired) electrons. The second kappa shape index (κ2) is 13.6. The van der Waals surface area contributed by atoms with E-state index in [0.29, 0.717) is 30.3 Å². The number of ether oxygens (including phenoxy) is 1. The Balaban J connectivity index is 1.66. The lowest BCUT2D eigenvalue weighted by Gasteiger charge is -2.28. The van der Waals surface area contributed by atoms with Crippen LogP contribution in [-0.2, 0) is 11.3 Å². The minimum atomic E-state index is -1.14. The van der Waals surface area contributed by atoms with Crippen molar-refractivity contribution in [1.29, 1.82) is 0 Å². The number of carboxylic acids is 1. The van der Waals surface area contributed by atoms with Crippen molar-refractivity contribution in [3.63, 3.8) is 0 Å². The van der Waals surface area contributed by atoms with E-state index in [2.05, 4.69) is 11.8 Å². The van der Waals surface area contributed by atoms with Crippen molar-refractivity contribution < 1.29 is 20.8 Å². The molecule has 5 heteroatoms. The molecule has 0 aromatic heterocycles. The molecule has 1 N–H and O–H groups in total. The van der Waals surface area contributed by atoms with Gasteiger partial charge < -0.3 is 14.7 Å². The molecule has 1 fully saturated rings. The van der Waals surface area contributed by atoms with E-state index in [1.165, 1.54) is 25.7 Å². The monoisotopic (exact) mass is 476 g/mol. The number of carboxylic acid groups (broad SMARTS) is 1. The predicted molar refractivity (Wildman–Crippen MR) is 138 cm³/mol. The average Bonchev–Trinajstić information content (AvgIpc) is 3.37. The number of rotatable bonds is 11. The Labute approximate surface area is 210 Å². The fourth-order valence-electron chi connectivity index (χ4n) is 4.22. The summed E-state index contributed by atoms with van der Waals surface area (Å²) in [5.74, 6) is 6.75. The first-order valence-electron chi connectivity index (χ1n) is 13.1. The summed E-state index contributed by atoms with van der Waals surface area (Å²) in [4.78, 5) is 25.6. The topological polar surface area (TPSA) is 66.8 Å². The van der Waals surface area contributed by atoms with Crippen LogP contribution in [0.4, 0.5) is 0 Å². The molecule has 0 aliphatic heterocycles. The van der Waals surface area contributed by atoms with Crippen molar-refractivity contribution in [3.05, 3.63) is 65.2 Å². The van der Waals surface area contributed by atoms with Gasteiger partial charge in [-0.3, -0.25) is 9.59 Å². The highest BCUT2D eigenvalue weighted by Crippen LogP contribution is 2.24. The maximum absolute atomic E-state index is 13.5. The van der Waals surface area contributed by atoms with Gasteiger partial charge in [-0.2, -0.15) is 0 Å². The highest BCUT2D eigenvalue weighted by molar-refractivity contribution is 5.94. The molecule has 186 valence electrons. The molecule has 1 aliphatic carbocycles. The minimum Gasteiger partial charge on any atom is -0.493 e. The zero-order valence-electron chi connectivity index (χ0n) is 21.9. The Hall–Kier alpha value is -3.26. The minimum absolute atomic E-state index is 0.167. The van der Waals surface area contributed by atoms with Gasteiger partial charge in [-0.1, -0.05) is 42.9 Å². The van der Waals surface area contributed by atoms with E-state index in [9.17, 15) is 9.59 Å². The summed E-state index contributed by atoms with van der Waals surface area (Å²) in [6, 6.07) is 13.8. The third-order valence-electron chi connectivity index (χ3n) is 6.29. The van der Waals surface area contributed by atoms with Crippen LogP contribution in [-0.4, -0.2) is 34.5 Å². The molecule has 0 spiro atoms. The summed E-state index contributed by atoms with van der Waals surface area (Å²) in [7, 11) is 0. The number of benzene rings is 2. The molecular weight excluding hydrogens is 438 g/mol. The van der Waals surface area contributed by atoms with E-state index in [1.807, 2.05) is 36.4 Å². The van der Waals surface area contributed by atoms with Gasteiger partial charge in [0.05, 0.1) is 7.98 Å². The van der Waals surface area contributed by atoms with Crippen LogP contribution in [0, 0.1) is 17.8 Å². The zero-order valence-corrected chi connectivity index (χ0v) is 20.9. The fraction of sp³-hybridized carbons (Fsp3) is 0.467. The second-order valence-electron chi connectivity index (χ2n) is 9.33. The normalized spacial score (nSPS) is 14.1. The summed E-state index contributed by atoms with van der Waals surface area (Å²) in [5.41, 5.74) is 2.26. The van der Waals surface area contributed by atoms with Gasteiger partial charge >= 0.3 is 5.97 Å². The Morgan fingerprint density at radius 2 is 1.80 bits per heavy atom. The number of carbonyl (C=O) groups is 2. The van der Waals surface area contributed by atoms with Crippen molar-refractivity contribution in [1.82, 2.24) is 4.90 Å². The second-order valence-corrected chi connectivity index (χ2v) is 9.33. The SMILES string of the molecule is [2H]C(C)(C)N(Cc1ccccc1OCCCCCC(=O)O)C(=O)c1ccc(C#CC2CCCC2)cc1. The summed E-state index contributed by atoms with van der Waals surface area (Å²) in [6.07, 6.45) is 7.18. The van der Waals surface area contributed by atoms with Crippen LogP contribution in [0.1, 0.15) is 88.1 Å². The van der Waals surface area contributed by atoms with Crippen LogP contribution >= 0.6 is 0 Å². The van der Waals surface area contributed by atoms with Gasteiger partial charge in [0.1, 0.15) is 5.75 Å². The van der Waals surface area contributed by atoms with E-state index in [-0.39, 0.29) is 18.9 Å². The number of unbranched alkanes of at least 4 members (excludes halogenated alkanes) is 2. The Morgan fingerprint density at radius 3 is 2.49 bits per heavy atom. The number of hydrogen-bond donors (Lipinski definition) is 1. The highest BCUT2D eigenvalue weighted by Gasteiger charge is 2.20. The van der Waals surface area contributed by atoms with Crippen LogP contribution in [0.15, 0.2) is 48.5 Å². The largest absolute Gasteiger partial charge is 0.493 e. The van der Waals surface area contributed by atoms with E-state index >= 15 is 0 Å². The average molecular weight is 477 g/mol. The Morgan fingerprint density at radius 1 is 1.09 bits per heavy atom. The van der Waals surface area contributed by atoms with Gasteiger partial charge in [0.25, 0.3) is 5.91 Å². The van der Waals surface area contributed by atoms with E-state index in [4.69, 9.17) is 11.2 Å². The van der Waals surface area contributed by atoms with Crippen LogP contribution in [0.5, 0.6) is 5.75 Å². The van der Waals surface area contributed by atoms with Crippen molar-refractivity contribution in [2.75, 3.05) is 6.61 Å². The molecule has 0 bridgehead atoms. The number of para-hydroxylation sites is 1. The standard InChI is InChI=1S/C30H37NO4/c1-23(2)31(22-27-12-7-8-13-28(27)35-21-9-3-4-14-29(32)33)30(34)26-19-17-25(18-20-26)16-15-24-10-5-6-11-24/h7-8,12-13,17-20,23-24H,3-6,9-11,14,21-22H2,1-2H3,(H,32,33)/i23D. The summed E-state index contributed by atoms with van der Waals surface area (Å²) in [5, 5.41) is 8.75. The molecule has 2 aromatic carbocycles. The summed E-state index contributed by atoms with van der Waals surface area (Å²) in [6.45, 7) is 4.13. The Bertz CT molecular complexity index is 1070. The Kier molecular flexibility index (Phi) is 9.64. The van der Waals surface area contributed by atoms with Crippen LogP contribution in [0.3, 0.4) is 0 Å². The lowest BCUT2D eigenvalue weighted by molar-refractivity contribution is -0.137. The van der Waals surface area contributed by atoms with Gasteiger partial charge in [-0.15, -0.1) is 0 Å². The lowest BCUT2D eigenvalue weighted by Crippen LogP contribution is -2.36. The van der Waals surface area contributed by atoms with Crippen molar-refractivity contribution >= 4 is 11.9 Å². The molecule has 2 aromatic rings. The molecule has 3 rings (SSSR count). The first-order chi connectivity index (χ1) is 17.2. The van der Waals surface area contributed by atoms with E-state index < -0.39 is 12.0 Å². The van der Waals surface area contributed by atoms with Gasteiger partial charge in [-0.25, -0.2) is 0 Å². The van der Waals surface area contributed by atoms with Crippen molar-refractivity contribution in [2.24, 2.45) is 5.92 Å². The third-order valence-corrected chi connectivity index (χ3v) is 6.29. The first kappa shape index (κ1) is 24.9. The number of carbonyl (C=O) groups excluding carboxylic acids is 1. The molecular formula is C30H37NO4. The highest BCUT2D eigenvalue weighted by atomic mass is 16.5. The molecule has 0 atom stereocenters. The van der Waals surface area contributed by atoms with E-state index in [0.717, 1.165) is 24.0 Å².